The Kier molecular flexibility index (Phi) is 5.53. The Morgan fingerprint density at radius 1 is 1.14 bits per heavy atom. The lowest BCUT2D eigenvalue weighted by Crippen LogP contribution is -2.51. The standard InChI is InChI=1S/C18H25NO3/c1-14(12-15-10-8-7-9-11-15)18(5,13-20)19(6)16(21)22-17(2,3)4/h7-13H,1-6H3/b14-12+. The van der Waals surface area contributed by atoms with Gasteiger partial charge in [-0.2, -0.15) is 0 Å². The second-order valence-electron chi connectivity index (χ2n) is 6.54. The van der Waals surface area contributed by atoms with Crippen LogP contribution in [-0.2, 0) is 9.53 Å². The number of likely N-dealkylation sites (N-methyl/N-ethyl adjacent to an activating group) is 1. The minimum atomic E-state index is -1.06. The van der Waals surface area contributed by atoms with Gasteiger partial charge in [0.25, 0.3) is 0 Å². The number of carbonyl (C=O) groups excluding carboxylic acids is 2. The highest BCUT2D eigenvalue weighted by Crippen LogP contribution is 2.25. The second kappa shape index (κ2) is 6.77. The average molecular weight is 303 g/mol. The smallest absolute Gasteiger partial charge is 0.411 e. The fourth-order valence-electron chi connectivity index (χ4n) is 1.90. The summed E-state index contributed by atoms with van der Waals surface area (Å²) in [5, 5.41) is 0. The van der Waals surface area contributed by atoms with E-state index in [1.807, 2.05) is 43.3 Å². The molecule has 120 valence electrons. The fourth-order valence-corrected chi connectivity index (χ4v) is 1.90. The molecule has 1 unspecified atom stereocenters. The van der Waals surface area contributed by atoms with Gasteiger partial charge in [-0.3, -0.25) is 4.90 Å². The van der Waals surface area contributed by atoms with Gasteiger partial charge in [0, 0.05) is 7.05 Å². The second-order valence-corrected chi connectivity index (χ2v) is 6.54. The summed E-state index contributed by atoms with van der Waals surface area (Å²) in [6.07, 6.45) is 2.14. The molecule has 1 aromatic carbocycles. The van der Waals surface area contributed by atoms with Crippen LogP contribution < -0.4 is 0 Å². The first-order valence-electron chi connectivity index (χ1n) is 7.27. The van der Waals surface area contributed by atoms with E-state index in [2.05, 4.69) is 0 Å². The van der Waals surface area contributed by atoms with E-state index in [0.717, 1.165) is 17.4 Å². The number of amides is 1. The van der Waals surface area contributed by atoms with Crippen LogP contribution in [0, 0.1) is 0 Å². The highest BCUT2D eigenvalue weighted by Gasteiger charge is 2.36. The Bertz CT molecular complexity index is 557. The van der Waals surface area contributed by atoms with Crippen LogP contribution in [0.5, 0.6) is 0 Å². The first-order valence-corrected chi connectivity index (χ1v) is 7.27. The zero-order valence-corrected chi connectivity index (χ0v) is 14.2. The summed E-state index contributed by atoms with van der Waals surface area (Å²) in [5.41, 5.74) is 0.0809. The number of rotatable bonds is 4. The number of benzene rings is 1. The average Bonchev–Trinajstić information content (AvgIpc) is 2.44. The van der Waals surface area contributed by atoms with Crippen LogP contribution in [0.25, 0.3) is 6.08 Å². The Balaban J connectivity index is 3.07. The quantitative estimate of drug-likeness (QED) is 0.792. The molecule has 4 heteroatoms. The Morgan fingerprint density at radius 2 is 1.68 bits per heavy atom. The van der Waals surface area contributed by atoms with Gasteiger partial charge in [0.15, 0.2) is 0 Å². The number of carbonyl (C=O) groups is 2. The molecule has 1 atom stereocenters. The van der Waals surface area contributed by atoms with Gasteiger partial charge in [-0.1, -0.05) is 36.4 Å². The van der Waals surface area contributed by atoms with Gasteiger partial charge in [-0.25, -0.2) is 4.79 Å². The van der Waals surface area contributed by atoms with Crippen molar-refractivity contribution in [1.29, 1.82) is 0 Å². The maximum Gasteiger partial charge on any atom is 0.411 e. The number of hydrogen-bond donors (Lipinski definition) is 0. The van der Waals surface area contributed by atoms with Crippen LogP contribution in [0.3, 0.4) is 0 Å². The van der Waals surface area contributed by atoms with Crippen molar-refractivity contribution in [3.05, 3.63) is 41.5 Å². The first kappa shape index (κ1) is 18.0. The molecule has 0 fully saturated rings. The van der Waals surface area contributed by atoms with Crippen LogP contribution in [0.2, 0.25) is 0 Å². The van der Waals surface area contributed by atoms with Gasteiger partial charge in [-0.15, -0.1) is 0 Å². The van der Waals surface area contributed by atoms with Gasteiger partial charge in [0.1, 0.15) is 17.4 Å². The van der Waals surface area contributed by atoms with Crippen molar-refractivity contribution in [3.8, 4) is 0 Å². The summed E-state index contributed by atoms with van der Waals surface area (Å²) in [4.78, 5) is 25.3. The summed E-state index contributed by atoms with van der Waals surface area (Å²) >= 11 is 0. The monoisotopic (exact) mass is 303 g/mol. The van der Waals surface area contributed by atoms with Crippen molar-refractivity contribution < 1.29 is 14.3 Å². The molecule has 0 saturated heterocycles. The van der Waals surface area contributed by atoms with E-state index in [4.69, 9.17) is 4.74 Å². The number of ether oxygens (including phenoxy) is 1. The molecule has 0 aliphatic rings. The van der Waals surface area contributed by atoms with E-state index >= 15 is 0 Å². The van der Waals surface area contributed by atoms with Crippen molar-refractivity contribution in [1.82, 2.24) is 4.90 Å². The highest BCUT2D eigenvalue weighted by molar-refractivity contribution is 5.81. The van der Waals surface area contributed by atoms with Crippen molar-refractivity contribution >= 4 is 18.5 Å². The maximum absolute atomic E-state index is 12.2. The first-order chi connectivity index (χ1) is 10.1. The lowest BCUT2D eigenvalue weighted by Gasteiger charge is -2.36. The van der Waals surface area contributed by atoms with Gasteiger partial charge < -0.3 is 9.53 Å². The SMILES string of the molecule is C/C(=C\c1ccccc1)C(C)(C=O)N(C)C(=O)OC(C)(C)C. The third-order valence-electron chi connectivity index (χ3n) is 3.57. The van der Waals surface area contributed by atoms with Crippen LogP contribution in [0.15, 0.2) is 35.9 Å². The minimum Gasteiger partial charge on any atom is -0.444 e. The molecular weight excluding hydrogens is 278 g/mol. The lowest BCUT2D eigenvalue weighted by atomic mass is 9.91. The van der Waals surface area contributed by atoms with E-state index in [9.17, 15) is 9.59 Å². The summed E-state index contributed by atoms with van der Waals surface area (Å²) in [6.45, 7) is 8.93. The summed E-state index contributed by atoms with van der Waals surface area (Å²) in [7, 11) is 1.57. The number of nitrogens with zero attached hydrogens (tertiary/aromatic N) is 1. The van der Waals surface area contributed by atoms with Crippen molar-refractivity contribution in [3.63, 3.8) is 0 Å². The maximum atomic E-state index is 12.2. The van der Waals surface area contributed by atoms with E-state index in [1.165, 1.54) is 4.90 Å². The molecule has 0 radical (unpaired) electrons. The third-order valence-corrected chi connectivity index (χ3v) is 3.57. The van der Waals surface area contributed by atoms with E-state index < -0.39 is 17.2 Å². The lowest BCUT2D eigenvalue weighted by molar-refractivity contribution is -0.115. The number of hydrogen-bond acceptors (Lipinski definition) is 3. The molecule has 0 N–H and O–H groups in total. The minimum absolute atomic E-state index is 0.525. The molecule has 0 saturated carbocycles. The summed E-state index contributed by atoms with van der Waals surface area (Å²) < 4.78 is 5.35. The highest BCUT2D eigenvalue weighted by atomic mass is 16.6. The van der Waals surface area contributed by atoms with Crippen LogP contribution in [-0.4, -0.2) is 35.5 Å². The number of aldehydes is 1. The molecular formula is C18H25NO3. The molecule has 1 rings (SSSR count). The molecule has 0 aliphatic heterocycles. The topological polar surface area (TPSA) is 46.6 Å². The van der Waals surface area contributed by atoms with E-state index in [-0.39, 0.29) is 0 Å². The van der Waals surface area contributed by atoms with Gasteiger partial charge in [-0.05, 0) is 45.8 Å². The normalized spacial score (nSPS) is 14.9. The summed E-state index contributed by atoms with van der Waals surface area (Å²) in [5.74, 6) is 0. The molecule has 22 heavy (non-hydrogen) atoms. The Morgan fingerprint density at radius 3 is 2.14 bits per heavy atom. The van der Waals surface area contributed by atoms with E-state index in [1.54, 1.807) is 34.7 Å². The van der Waals surface area contributed by atoms with Crippen LogP contribution >= 0.6 is 0 Å². The summed E-state index contributed by atoms with van der Waals surface area (Å²) in [6, 6.07) is 9.67. The third kappa shape index (κ3) is 4.45. The predicted molar refractivity (Wildman–Crippen MR) is 88.6 cm³/mol. The predicted octanol–water partition coefficient (Wildman–Crippen LogP) is 3.91. The molecule has 0 bridgehead atoms. The van der Waals surface area contributed by atoms with Gasteiger partial charge in [0.2, 0.25) is 0 Å². The molecule has 0 spiro atoms. The molecule has 1 amide bonds. The largest absolute Gasteiger partial charge is 0.444 e. The molecule has 0 aromatic heterocycles. The van der Waals surface area contributed by atoms with E-state index in [0.29, 0.717) is 0 Å². The molecule has 4 nitrogen and oxygen atoms in total. The van der Waals surface area contributed by atoms with Gasteiger partial charge in [0.05, 0.1) is 0 Å². The Hall–Kier alpha value is -2.10. The van der Waals surface area contributed by atoms with Crippen molar-refractivity contribution in [2.24, 2.45) is 0 Å². The van der Waals surface area contributed by atoms with Crippen LogP contribution in [0.1, 0.15) is 40.2 Å². The Labute approximate surface area is 132 Å². The molecule has 0 aliphatic carbocycles. The zero-order chi connectivity index (χ0) is 17.0. The fraction of sp³-hybridized carbons (Fsp3) is 0.444. The van der Waals surface area contributed by atoms with Crippen LogP contribution in [0.4, 0.5) is 4.79 Å². The zero-order valence-electron chi connectivity index (χ0n) is 14.2. The van der Waals surface area contributed by atoms with Crippen molar-refractivity contribution in [2.45, 2.75) is 45.8 Å². The molecule has 1 aromatic rings. The molecule has 0 heterocycles. The van der Waals surface area contributed by atoms with Gasteiger partial charge >= 0.3 is 6.09 Å². The van der Waals surface area contributed by atoms with Crippen molar-refractivity contribution in [2.75, 3.05) is 7.05 Å².